The summed E-state index contributed by atoms with van der Waals surface area (Å²) < 4.78 is 5.61. The summed E-state index contributed by atoms with van der Waals surface area (Å²) in [6.45, 7) is 2.02. The molecule has 2 N–H and O–H groups in total. The van der Waals surface area contributed by atoms with E-state index in [9.17, 15) is 0 Å². The monoisotopic (exact) mass is 227 g/mol. The van der Waals surface area contributed by atoms with Crippen molar-refractivity contribution in [2.45, 2.75) is 43.9 Å². The van der Waals surface area contributed by atoms with E-state index in [1.807, 2.05) is 18.7 Å². The number of aromatic nitrogens is 2. The fourth-order valence-electron chi connectivity index (χ4n) is 1.64. The molecule has 1 aliphatic rings. The number of nitrogens with zero attached hydrogens (tertiary/aromatic N) is 2. The van der Waals surface area contributed by atoms with E-state index in [-0.39, 0.29) is 6.04 Å². The van der Waals surface area contributed by atoms with Gasteiger partial charge in [-0.25, -0.2) is 0 Å². The van der Waals surface area contributed by atoms with E-state index in [0.29, 0.717) is 11.1 Å². The maximum Gasteiger partial charge on any atom is 0.233 e. The number of nitrogens with two attached hydrogens (primary N) is 1. The zero-order valence-corrected chi connectivity index (χ0v) is 9.80. The molecule has 0 radical (unpaired) electrons. The molecule has 2 unspecified atom stereocenters. The third-order valence-corrected chi connectivity index (χ3v) is 4.03. The predicted octanol–water partition coefficient (Wildman–Crippen LogP) is 2.44. The number of thioether (sulfide) groups is 1. The predicted molar refractivity (Wildman–Crippen MR) is 60.6 cm³/mol. The maximum atomic E-state index is 5.83. The SMILES string of the molecule is CCC(N)c1nnc(C2CCCCS2)o1. The molecule has 0 amide bonds. The first-order valence-corrected chi connectivity index (χ1v) is 6.56. The van der Waals surface area contributed by atoms with Crippen LogP contribution in [0.25, 0.3) is 0 Å². The van der Waals surface area contributed by atoms with Crippen molar-refractivity contribution >= 4 is 11.8 Å². The zero-order chi connectivity index (χ0) is 10.7. The Morgan fingerprint density at radius 3 is 3.07 bits per heavy atom. The molecule has 1 aromatic heterocycles. The highest BCUT2D eigenvalue weighted by Crippen LogP contribution is 2.37. The van der Waals surface area contributed by atoms with Crippen LogP contribution in [0.5, 0.6) is 0 Å². The van der Waals surface area contributed by atoms with Gasteiger partial charge in [-0.1, -0.05) is 13.3 Å². The molecule has 1 fully saturated rings. The molecule has 15 heavy (non-hydrogen) atoms. The van der Waals surface area contributed by atoms with Crippen molar-refractivity contribution in [1.29, 1.82) is 0 Å². The Kier molecular flexibility index (Phi) is 3.64. The lowest BCUT2D eigenvalue weighted by molar-refractivity contribution is 0.404. The largest absolute Gasteiger partial charge is 0.422 e. The second kappa shape index (κ2) is 4.99. The van der Waals surface area contributed by atoms with E-state index >= 15 is 0 Å². The molecule has 0 aromatic carbocycles. The van der Waals surface area contributed by atoms with E-state index in [2.05, 4.69) is 10.2 Å². The summed E-state index contributed by atoms with van der Waals surface area (Å²) in [5, 5.41) is 8.49. The molecule has 1 aliphatic heterocycles. The minimum Gasteiger partial charge on any atom is -0.422 e. The fourth-order valence-corrected chi connectivity index (χ4v) is 2.86. The van der Waals surface area contributed by atoms with E-state index in [1.54, 1.807) is 0 Å². The highest BCUT2D eigenvalue weighted by molar-refractivity contribution is 7.99. The Labute approximate surface area is 94.0 Å². The first-order valence-electron chi connectivity index (χ1n) is 5.51. The average Bonchev–Trinajstić information content (AvgIpc) is 2.78. The van der Waals surface area contributed by atoms with Gasteiger partial charge in [0.05, 0.1) is 11.3 Å². The molecule has 0 aliphatic carbocycles. The van der Waals surface area contributed by atoms with Crippen LogP contribution in [0.4, 0.5) is 0 Å². The molecule has 1 aromatic rings. The van der Waals surface area contributed by atoms with Crippen LogP contribution < -0.4 is 5.73 Å². The summed E-state index contributed by atoms with van der Waals surface area (Å²) in [7, 11) is 0. The van der Waals surface area contributed by atoms with Crippen LogP contribution in [0, 0.1) is 0 Å². The van der Waals surface area contributed by atoms with Crippen molar-refractivity contribution in [3.8, 4) is 0 Å². The molecule has 0 saturated carbocycles. The van der Waals surface area contributed by atoms with Gasteiger partial charge in [0.25, 0.3) is 0 Å². The van der Waals surface area contributed by atoms with Gasteiger partial charge < -0.3 is 10.2 Å². The summed E-state index contributed by atoms with van der Waals surface area (Å²) in [6, 6.07) is -0.111. The third-order valence-electron chi connectivity index (χ3n) is 2.67. The van der Waals surface area contributed by atoms with E-state index < -0.39 is 0 Å². The van der Waals surface area contributed by atoms with Gasteiger partial charge in [0.15, 0.2) is 0 Å². The first kappa shape index (κ1) is 11.0. The van der Waals surface area contributed by atoms with Crippen LogP contribution in [0.15, 0.2) is 4.42 Å². The Balaban J connectivity index is 2.05. The second-order valence-electron chi connectivity index (χ2n) is 3.85. The lowest BCUT2D eigenvalue weighted by Gasteiger charge is -2.17. The minimum atomic E-state index is -0.111. The normalized spacial score (nSPS) is 24.0. The lowest BCUT2D eigenvalue weighted by Crippen LogP contribution is -2.08. The van der Waals surface area contributed by atoms with Gasteiger partial charge in [0.1, 0.15) is 0 Å². The maximum absolute atomic E-state index is 5.83. The van der Waals surface area contributed by atoms with Gasteiger partial charge >= 0.3 is 0 Å². The Morgan fingerprint density at radius 1 is 1.53 bits per heavy atom. The van der Waals surface area contributed by atoms with Crippen molar-refractivity contribution in [2.75, 3.05) is 5.75 Å². The minimum absolute atomic E-state index is 0.111. The van der Waals surface area contributed by atoms with Crippen molar-refractivity contribution in [3.05, 3.63) is 11.8 Å². The van der Waals surface area contributed by atoms with Gasteiger partial charge in [-0.05, 0) is 25.0 Å². The number of hydrogen-bond donors (Lipinski definition) is 1. The molecular formula is C10H17N3OS. The first-order chi connectivity index (χ1) is 7.31. The molecule has 0 bridgehead atoms. The van der Waals surface area contributed by atoms with Gasteiger partial charge in [-0.3, -0.25) is 0 Å². The Hall–Kier alpha value is -0.550. The molecule has 0 spiro atoms. The van der Waals surface area contributed by atoms with E-state index in [4.69, 9.17) is 10.2 Å². The summed E-state index contributed by atoms with van der Waals surface area (Å²) >= 11 is 1.91. The molecule has 84 valence electrons. The van der Waals surface area contributed by atoms with Crippen LogP contribution in [0.1, 0.15) is 55.7 Å². The van der Waals surface area contributed by atoms with Crippen LogP contribution in [0.3, 0.4) is 0 Å². The lowest BCUT2D eigenvalue weighted by atomic mass is 10.2. The standard InChI is InChI=1S/C10H17N3OS/c1-2-7(11)9-12-13-10(14-9)8-5-3-4-6-15-8/h7-8H,2-6,11H2,1H3. The number of hydrogen-bond acceptors (Lipinski definition) is 5. The smallest absolute Gasteiger partial charge is 0.233 e. The van der Waals surface area contributed by atoms with E-state index in [1.165, 1.54) is 18.6 Å². The summed E-state index contributed by atoms with van der Waals surface area (Å²) in [5.41, 5.74) is 5.83. The van der Waals surface area contributed by atoms with Gasteiger partial charge in [0.2, 0.25) is 11.8 Å². The van der Waals surface area contributed by atoms with Crippen molar-refractivity contribution in [1.82, 2.24) is 10.2 Å². The highest BCUT2D eigenvalue weighted by Gasteiger charge is 2.22. The molecule has 2 atom stereocenters. The van der Waals surface area contributed by atoms with Gasteiger partial charge in [0, 0.05) is 0 Å². The third kappa shape index (κ3) is 2.52. The second-order valence-corrected chi connectivity index (χ2v) is 5.16. The van der Waals surface area contributed by atoms with Crippen LogP contribution in [0.2, 0.25) is 0 Å². The van der Waals surface area contributed by atoms with Gasteiger partial charge in [-0.15, -0.1) is 22.0 Å². The van der Waals surface area contributed by atoms with Crippen LogP contribution in [-0.2, 0) is 0 Å². The van der Waals surface area contributed by atoms with Crippen LogP contribution >= 0.6 is 11.8 Å². The van der Waals surface area contributed by atoms with Crippen molar-refractivity contribution in [3.63, 3.8) is 0 Å². The quantitative estimate of drug-likeness (QED) is 0.859. The summed E-state index contributed by atoms with van der Waals surface area (Å²) in [6.07, 6.45) is 4.54. The molecule has 1 saturated heterocycles. The van der Waals surface area contributed by atoms with E-state index in [0.717, 1.165) is 18.7 Å². The Morgan fingerprint density at radius 2 is 2.40 bits per heavy atom. The molecule has 2 heterocycles. The zero-order valence-electron chi connectivity index (χ0n) is 8.98. The average molecular weight is 227 g/mol. The summed E-state index contributed by atoms with van der Waals surface area (Å²) in [4.78, 5) is 0. The van der Waals surface area contributed by atoms with Crippen molar-refractivity contribution in [2.24, 2.45) is 5.73 Å². The highest BCUT2D eigenvalue weighted by atomic mass is 32.2. The van der Waals surface area contributed by atoms with Gasteiger partial charge in [-0.2, -0.15) is 0 Å². The summed E-state index contributed by atoms with van der Waals surface area (Å²) in [5.74, 6) is 2.54. The molecule has 5 heteroatoms. The molecular weight excluding hydrogens is 210 g/mol. The topological polar surface area (TPSA) is 64.9 Å². The molecule has 2 rings (SSSR count). The Bertz CT molecular complexity index is 309. The number of rotatable bonds is 3. The fraction of sp³-hybridized carbons (Fsp3) is 0.800. The van der Waals surface area contributed by atoms with Crippen LogP contribution in [-0.4, -0.2) is 16.0 Å². The van der Waals surface area contributed by atoms with Crippen molar-refractivity contribution < 1.29 is 4.42 Å². The molecule has 4 nitrogen and oxygen atoms in total.